The van der Waals surface area contributed by atoms with Gasteiger partial charge in [0.15, 0.2) is 11.5 Å². The predicted molar refractivity (Wildman–Crippen MR) is 164 cm³/mol. The van der Waals surface area contributed by atoms with Crippen LogP contribution in [-0.4, -0.2) is 62.9 Å². The normalized spacial score (nSPS) is 21.6. The molecule has 0 spiro atoms. The first-order valence-electron chi connectivity index (χ1n) is 15.8. The lowest BCUT2D eigenvalue weighted by Gasteiger charge is -2.33. The Morgan fingerprint density at radius 2 is 1.91 bits per heavy atom. The highest BCUT2D eigenvalue weighted by atomic mass is 19.4. The Morgan fingerprint density at radius 1 is 1.13 bits per heavy atom. The van der Waals surface area contributed by atoms with Gasteiger partial charge in [-0.2, -0.15) is 13.2 Å². The Hall–Kier alpha value is -4.36. The maximum atomic E-state index is 13.1. The number of nitrogens with zero attached hydrogens (tertiary/aromatic N) is 4. The largest absolute Gasteiger partial charge is 0.492 e. The number of aromatic carboxylic acids is 1. The van der Waals surface area contributed by atoms with Crippen LogP contribution >= 0.6 is 0 Å². The molecule has 13 heteroatoms. The summed E-state index contributed by atoms with van der Waals surface area (Å²) in [5.74, 6) is 0.207. The van der Waals surface area contributed by atoms with Gasteiger partial charge in [-0.3, -0.25) is 9.88 Å². The van der Waals surface area contributed by atoms with E-state index in [2.05, 4.69) is 14.5 Å². The molecular formula is C34H35F3N4O6. The number of para-hydroxylation sites is 1. The third-order valence-corrected chi connectivity index (χ3v) is 9.18. The van der Waals surface area contributed by atoms with E-state index in [-0.39, 0.29) is 23.3 Å². The van der Waals surface area contributed by atoms with Crippen molar-refractivity contribution in [3.63, 3.8) is 0 Å². The minimum atomic E-state index is -4.48. The van der Waals surface area contributed by atoms with E-state index in [1.54, 1.807) is 19.1 Å². The van der Waals surface area contributed by atoms with Gasteiger partial charge in [-0.15, -0.1) is 0 Å². The number of halogens is 3. The molecule has 5 heterocycles. The van der Waals surface area contributed by atoms with Crippen molar-refractivity contribution in [1.82, 2.24) is 19.4 Å². The number of piperidine rings is 1. The quantitative estimate of drug-likeness (QED) is 0.221. The Kier molecular flexibility index (Phi) is 7.99. The topological polar surface area (TPSA) is 108 Å². The van der Waals surface area contributed by atoms with E-state index in [1.165, 1.54) is 12.1 Å². The summed E-state index contributed by atoms with van der Waals surface area (Å²) in [5, 5.41) is 9.76. The van der Waals surface area contributed by atoms with Crippen LogP contribution in [-0.2, 0) is 29.8 Å². The molecule has 3 aliphatic heterocycles. The fourth-order valence-corrected chi connectivity index (χ4v) is 6.59. The number of imidazole rings is 1. The molecule has 4 aromatic rings. The van der Waals surface area contributed by atoms with Gasteiger partial charge in [0.1, 0.15) is 22.8 Å². The van der Waals surface area contributed by atoms with E-state index in [9.17, 15) is 23.1 Å². The molecule has 248 valence electrons. The summed E-state index contributed by atoms with van der Waals surface area (Å²) in [4.78, 5) is 23.3. The molecule has 0 amide bonds. The number of hydrogen-bond donors (Lipinski definition) is 1. The van der Waals surface area contributed by atoms with Crippen LogP contribution in [0.5, 0.6) is 17.2 Å². The second kappa shape index (κ2) is 12.0. The summed E-state index contributed by atoms with van der Waals surface area (Å²) in [7, 11) is 0. The van der Waals surface area contributed by atoms with Gasteiger partial charge in [-0.1, -0.05) is 12.1 Å². The Labute approximate surface area is 269 Å². The number of aromatic nitrogens is 3. The van der Waals surface area contributed by atoms with Crippen LogP contribution in [0.2, 0.25) is 0 Å². The molecule has 2 aromatic heterocycles. The fraction of sp³-hybridized carbons (Fsp3) is 0.441. The smallest absolute Gasteiger partial charge is 0.417 e. The van der Waals surface area contributed by atoms with Crippen molar-refractivity contribution in [2.45, 2.75) is 70.2 Å². The molecule has 3 aliphatic rings. The third kappa shape index (κ3) is 5.98. The first-order valence-corrected chi connectivity index (χ1v) is 15.8. The van der Waals surface area contributed by atoms with Crippen molar-refractivity contribution < 1.29 is 42.0 Å². The number of fused-ring (bicyclic) bond motifs is 2. The molecule has 47 heavy (non-hydrogen) atoms. The lowest BCUT2D eigenvalue weighted by Crippen LogP contribution is -2.35. The van der Waals surface area contributed by atoms with Crippen LogP contribution in [0, 0.1) is 0 Å². The highest BCUT2D eigenvalue weighted by molar-refractivity contribution is 5.95. The summed E-state index contributed by atoms with van der Waals surface area (Å²) in [5.41, 5.74) is 1.92. The molecule has 0 bridgehead atoms. The van der Waals surface area contributed by atoms with Crippen molar-refractivity contribution >= 4 is 17.0 Å². The minimum absolute atomic E-state index is 0.0479. The monoisotopic (exact) mass is 652 g/mol. The average Bonchev–Trinajstić information content (AvgIpc) is 3.56. The second-order valence-electron chi connectivity index (χ2n) is 12.3. The van der Waals surface area contributed by atoms with E-state index in [0.717, 1.165) is 61.5 Å². The van der Waals surface area contributed by atoms with Gasteiger partial charge in [-0.05, 0) is 75.5 Å². The molecule has 2 fully saturated rings. The Morgan fingerprint density at radius 3 is 2.55 bits per heavy atom. The van der Waals surface area contributed by atoms with Gasteiger partial charge in [0, 0.05) is 25.3 Å². The molecule has 2 unspecified atom stereocenters. The zero-order valence-corrected chi connectivity index (χ0v) is 26.0. The van der Waals surface area contributed by atoms with Crippen molar-refractivity contribution in [3.05, 3.63) is 76.9 Å². The van der Waals surface area contributed by atoms with E-state index < -0.39 is 23.5 Å². The number of carbonyl (C=O) groups is 1. The number of likely N-dealkylation sites (tertiary alicyclic amines) is 1. The zero-order valence-electron chi connectivity index (χ0n) is 26.0. The maximum Gasteiger partial charge on any atom is 0.417 e. The number of rotatable bonds is 9. The Bertz CT molecular complexity index is 1800. The summed E-state index contributed by atoms with van der Waals surface area (Å²) >= 11 is 0. The minimum Gasteiger partial charge on any atom is -0.492 e. The lowest BCUT2D eigenvalue weighted by atomic mass is 9.88. The van der Waals surface area contributed by atoms with Crippen molar-refractivity contribution in [2.75, 3.05) is 26.3 Å². The van der Waals surface area contributed by atoms with Crippen LogP contribution < -0.4 is 14.2 Å². The first-order chi connectivity index (χ1) is 22.5. The highest BCUT2D eigenvalue weighted by Crippen LogP contribution is 2.49. The highest BCUT2D eigenvalue weighted by Gasteiger charge is 2.43. The number of benzene rings is 2. The number of alkyl halides is 3. The lowest BCUT2D eigenvalue weighted by molar-refractivity contribution is -0.138. The zero-order chi connectivity index (χ0) is 32.9. The number of carboxylic acids is 1. The third-order valence-electron chi connectivity index (χ3n) is 9.18. The molecule has 10 nitrogen and oxygen atoms in total. The maximum absolute atomic E-state index is 13.1. The molecule has 2 saturated heterocycles. The van der Waals surface area contributed by atoms with Crippen molar-refractivity contribution in [3.8, 4) is 17.2 Å². The first kappa shape index (κ1) is 31.3. The average molecular weight is 653 g/mol. The van der Waals surface area contributed by atoms with E-state index in [0.29, 0.717) is 49.1 Å². The number of hydrogen-bond acceptors (Lipinski definition) is 8. The second-order valence-corrected chi connectivity index (χ2v) is 12.3. The Balaban J connectivity index is 1.09. The van der Waals surface area contributed by atoms with Gasteiger partial charge in [-0.25, -0.2) is 9.78 Å². The van der Waals surface area contributed by atoms with E-state index in [4.69, 9.17) is 23.9 Å². The molecule has 1 N–H and O–H groups in total. The molecular weight excluding hydrogens is 617 g/mol. The summed E-state index contributed by atoms with van der Waals surface area (Å²) < 4.78 is 65.4. The van der Waals surface area contributed by atoms with Gasteiger partial charge < -0.3 is 28.6 Å². The summed E-state index contributed by atoms with van der Waals surface area (Å²) in [6.07, 6.45) is -1.02. The molecule has 7 rings (SSSR count). The molecule has 0 aliphatic carbocycles. The van der Waals surface area contributed by atoms with E-state index in [1.807, 2.05) is 19.1 Å². The van der Waals surface area contributed by atoms with Crippen molar-refractivity contribution in [1.29, 1.82) is 0 Å². The molecule has 0 radical (unpaired) electrons. The molecule has 2 aromatic carbocycles. The SMILES string of the molecule is CCOc1cc(C(=O)O)cc2c1nc(CN1CCC(c3cccc4c3OC(C)(c3ccc(C(F)(F)F)cn3)O4)CC1)n2CC1CCO1. The fourth-order valence-electron chi connectivity index (χ4n) is 6.59. The van der Waals surface area contributed by atoms with Crippen LogP contribution in [0.25, 0.3) is 11.0 Å². The van der Waals surface area contributed by atoms with Crippen LogP contribution in [0.3, 0.4) is 0 Å². The van der Waals surface area contributed by atoms with Crippen LogP contribution in [0.4, 0.5) is 13.2 Å². The summed E-state index contributed by atoms with van der Waals surface area (Å²) in [6.45, 7) is 7.34. The van der Waals surface area contributed by atoms with Crippen LogP contribution in [0.1, 0.15) is 72.0 Å². The molecule has 0 saturated carbocycles. The number of ether oxygens (including phenoxy) is 4. The van der Waals surface area contributed by atoms with Crippen LogP contribution in [0.15, 0.2) is 48.7 Å². The standard InChI is InChI=1S/C34H35F3N4O6/c1-3-44-27-16-21(32(42)43)15-25-30(27)39-29(41(25)18-23-11-14-45-23)19-40-12-9-20(10-13-40)24-5-4-6-26-31(24)47-33(2,46-26)28-8-7-22(17-38-28)34(35,36)37/h4-8,15-17,20,23H,3,9-14,18-19H2,1-2H3,(H,42,43). The predicted octanol–water partition coefficient (Wildman–Crippen LogP) is 6.36. The number of carboxylic acid groups (broad SMARTS) is 1. The number of pyridine rings is 1. The van der Waals surface area contributed by atoms with Gasteiger partial charge in [0.05, 0.1) is 42.4 Å². The van der Waals surface area contributed by atoms with Gasteiger partial charge in [0.2, 0.25) is 0 Å². The van der Waals surface area contributed by atoms with Crippen molar-refractivity contribution in [2.24, 2.45) is 0 Å². The van der Waals surface area contributed by atoms with Gasteiger partial charge >= 0.3 is 12.1 Å². The van der Waals surface area contributed by atoms with E-state index >= 15 is 0 Å². The summed E-state index contributed by atoms with van der Waals surface area (Å²) in [6, 6.07) is 11.2. The molecule has 2 atom stereocenters. The van der Waals surface area contributed by atoms with Gasteiger partial charge in [0.25, 0.3) is 5.79 Å².